The van der Waals surface area contributed by atoms with Crippen molar-refractivity contribution in [2.75, 3.05) is 38.3 Å². The zero-order valence-electron chi connectivity index (χ0n) is 16.6. The van der Waals surface area contributed by atoms with E-state index in [1.807, 2.05) is 18.2 Å². The molecule has 0 saturated carbocycles. The number of hydrogen-bond donors (Lipinski definition) is 1. The largest absolute Gasteiger partial charge is 0.496 e. The average molecular weight is 411 g/mol. The number of nitrogens with zero attached hydrogens (tertiary/aromatic N) is 2. The number of ether oxygens (including phenoxy) is 2. The first-order chi connectivity index (χ1) is 14.5. The highest BCUT2D eigenvalue weighted by molar-refractivity contribution is 6.14. The van der Waals surface area contributed by atoms with E-state index in [1.165, 1.54) is 12.1 Å². The van der Waals surface area contributed by atoms with Gasteiger partial charge in [0.2, 0.25) is 0 Å². The van der Waals surface area contributed by atoms with Gasteiger partial charge in [-0.3, -0.25) is 9.69 Å². The summed E-state index contributed by atoms with van der Waals surface area (Å²) in [5, 5.41) is 2.61. The minimum absolute atomic E-state index is 0.0649. The van der Waals surface area contributed by atoms with Crippen LogP contribution in [0.2, 0.25) is 0 Å². The molecule has 0 unspecified atom stereocenters. The fourth-order valence-electron chi connectivity index (χ4n) is 3.48. The number of carbonyl (C=O) groups is 2. The summed E-state index contributed by atoms with van der Waals surface area (Å²) < 4.78 is 24.0. The fraction of sp³-hybridized carbons (Fsp3) is 0.273. The number of methoxy groups -OCH3 is 1. The molecule has 0 aliphatic carbocycles. The van der Waals surface area contributed by atoms with Crippen LogP contribution in [0.15, 0.2) is 48.2 Å². The van der Waals surface area contributed by atoms with Crippen LogP contribution in [0.25, 0.3) is 6.08 Å². The highest BCUT2D eigenvalue weighted by Gasteiger charge is 2.33. The number of carbonyl (C=O) groups excluding carboxylic acids is 2. The molecule has 2 aliphatic heterocycles. The Morgan fingerprint density at radius 2 is 1.87 bits per heavy atom. The third-order valence-corrected chi connectivity index (χ3v) is 5.11. The predicted molar refractivity (Wildman–Crippen MR) is 109 cm³/mol. The number of anilines is 1. The first kappa shape index (κ1) is 19.9. The van der Waals surface area contributed by atoms with E-state index in [2.05, 4.69) is 10.2 Å². The summed E-state index contributed by atoms with van der Waals surface area (Å²) in [6.45, 7) is 3.03. The molecule has 156 valence electrons. The van der Waals surface area contributed by atoms with E-state index in [9.17, 15) is 14.0 Å². The lowest BCUT2D eigenvalue weighted by Gasteiger charge is -2.29. The van der Waals surface area contributed by atoms with Crippen LogP contribution in [0.4, 0.5) is 14.9 Å². The van der Waals surface area contributed by atoms with Crippen molar-refractivity contribution in [3.05, 3.63) is 65.1 Å². The third kappa shape index (κ3) is 4.13. The lowest BCUT2D eigenvalue weighted by molar-refractivity contribution is -0.123. The van der Waals surface area contributed by atoms with Gasteiger partial charge in [-0.15, -0.1) is 0 Å². The third-order valence-electron chi connectivity index (χ3n) is 5.11. The van der Waals surface area contributed by atoms with Crippen LogP contribution in [-0.2, 0) is 16.1 Å². The molecule has 4 rings (SSSR count). The Morgan fingerprint density at radius 3 is 2.57 bits per heavy atom. The van der Waals surface area contributed by atoms with Crippen LogP contribution < -0.4 is 15.0 Å². The van der Waals surface area contributed by atoms with Crippen LogP contribution in [-0.4, -0.2) is 50.3 Å². The molecule has 2 aromatic carbocycles. The van der Waals surface area contributed by atoms with E-state index in [4.69, 9.17) is 9.47 Å². The highest BCUT2D eigenvalue weighted by atomic mass is 19.1. The van der Waals surface area contributed by atoms with Crippen LogP contribution in [0.5, 0.6) is 5.75 Å². The Labute approximate surface area is 173 Å². The van der Waals surface area contributed by atoms with Crippen molar-refractivity contribution in [3.8, 4) is 5.75 Å². The number of hydrogen-bond acceptors (Lipinski definition) is 5. The number of urea groups is 1. The standard InChI is InChI=1S/C22H22FN3O4/c1-29-20-13-18(25-8-10-30-11-9-25)7-4-16(20)12-19-21(27)26(22(28)24-19)14-15-2-5-17(23)6-3-15/h2-7,12-13H,8-11,14H2,1H3,(H,24,28)/b19-12-. The van der Waals surface area contributed by atoms with Gasteiger partial charge in [0.1, 0.15) is 17.3 Å². The minimum Gasteiger partial charge on any atom is -0.496 e. The second-order valence-electron chi connectivity index (χ2n) is 7.03. The molecule has 2 fully saturated rings. The number of nitrogens with one attached hydrogen (secondary N) is 1. The predicted octanol–water partition coefficient (Wildman–Crippen LogP) is 2.76. The second kappa shape index (κ2) is 8.54. The van der Waals surface area contributed by atoms with E-state index >= 15 is 0 Å². The Kier molecular flexibility index (Phi) is 5.67. The monoisotopic (exact) mass is 411 g/mol. The molecule has 2 aliphatic rings. The summed E-state index contributed by atoms with van der Waals surface area (Å²) in [6.07, 6.45) is 1.60. The number of amides is 3. The maximum absolute atomic E-state index is 13.1. The second-order valence-corrected chi connectivity index (χ2v) is 7.03. The normalized spacial score (nSPS) is 18.1. The number of benzene rings is 2. The molecule has 2 aromatic rings. The summed E-state index contributed by atoms with van der Waals surface area (Å²) in [6, 6.07) is 10.9. The van der Waals surface area contributed by atoms with Gasteiger partial charge >= 0.3 is 6.03 Å². The molecular formula is C22H22FN3O4. The van der Waals surface area contributed by atoms with Gasteiger partial charge in [0.15, 0.2) is 0 Å². The lowest BCUT2D eigenvalue weighted by atomic mass is 10.1. The number of imide groups is 1. The molecule has 0 bridgehead atoms. The Hall–Kier alpha value is -3.39. The molecule has 8 heteroatoms. The van der Waals surface area contributed by atoms with Gasteiger partial charge in [0, 0.05) is 30.4 Å². The van der Waals surface area contributed by atoms with Crippen molar-refractivity contribution in [2.24, 2.45) is 0 Å². The molecule has 2 heterocycles. The van der Waals surface area contributed by atoms with Crippen molar-refractivity contribution in [1.29, 1.82) is 0 Å². The number of rotatable bonds is 5. The maximum Gasteiger partial charge on any atom is 0.329 e. The molecular weight excluding hydrogens is 389 g/mol. The number of halogens is 1. The molecule has 0 spiro atoms. The van der Waals surface area contributed by atoms with Crippen LogP contribution in [0.3, 0.4) is 0 Å². The number of morpholine rings is 1. The van der Waals surface area contributed by atoms with E-state index < -0.39 is 11.9 Å². The summed E-state index contributed by atoms with van der Waals surface area (Å²) in [4.78, 5) is 28.3. The fourth-order valence-corrected chi connectivity index (χ4v) is 3.48. The van der Waals surface area contributed by atoms with Crippen LogP contribution >= 0.6 is 0 Å². The molecule has 7 nitrogen and oxygen atoms in total. The highest BCUT2D eigenvalue weighted by Crippen LogP contribution is 2.29. The van der Waals surface area contributed by atoms with Gasteiger partial charge in [-0.1, -0.05) is 12.1 Å². The van der Waals surface area contributed by atoms with E-state index in [-0.39, 0.29) is 18.1 Å². The summed E-state index contributed by atoms with van der Waals surface area (Å²) in [7, 11) is 1.57. The van der Waals surface area contributed by atoms with Gasteiger partial charge in [-0.2, -0.15) is 0 Å². The van der Waals surface area contributed by atoms with Gasteiger partial charge in [-0.25, -0.2) is 9.18 Å². The SMILES string of the molecule is COc1cc(N2CCOCC2)ccc1/C=C1\NC(=O)N(Cc2ccc(F)cc2)C1=O. The quantitative estimate of drug-likeness (QED) is 0.605. The summed E-state index contributed by atoms with van der Waals surface area (Å²) in [5.41, 5.74) is 2.52. The molecule has 0 radical (unpaired) electrons. The summed E-state index contributed by atoms with van der Waals surface area (Å²) in [5.74, 6) is -0.210. The zero-order chi connectivity index (χ0) is 21.1. The smallest absolute Gasteiger partial charge is 0.329 e. The lowest BCUT2D eigenvalue weighted by Crippen LogP contribution is -2.36. The first-order valence-electron chi connectivity index (χ1n) is 9.65. The van der Waals surface area contributed by atoms with Gasteiger partial charge in [-0.05, 0) is 35.9 Å². The average Bonchev–Trinajstić information content (AvgIpc) is 3.03. The van der Waals surface area contributed by atoms with E-state index in [0.29, 0.717) is 30.1 Å². The molecule has 2 saturated heterocycles. The van der Waals surface area contributed by atoms with Crippen LogP contribution in [0.1, 0.15) is 11.1 Å². The minimum atomic E-state index is -0.514. The zero-order valence-corrected chi connectivity index (χ0v) is 16.6. The molecule has 0 atom stereocenters. The van der Waals surface area contributed by atoms with Gasteiger partial charge in [0.05, 0.1) is 26.9 Å². The van der Waals surface area contributed by atoms with Crippen molar-refractivity contribution < 1.29 is 23.5 Å². The first-order valence-corrected chi connectivity index (χ1v) is 9.65. The maximum atomic E-state index is 13.1. The Balaban J connectivity index is 1.54. The van der Waals surface area contributed by atoms with Gasteiger partial charge < -0.3 is 19.7 Å². The van der Waals surface area contributed by atoms with E-state index in [0.717, 1.165) is 23.7 Å². The molecule has 1 N–H and O–H groups in total. The van der Waals surface area contributed by atoms with Crippen LogP contribution in [0, 0.1) is 5.82 Å². The van der Waals surface area contributed by atoms with Crippen molar-refractivity contribution in [1.82, 2.24) is 10.2 Å². The van der Waals surface area contributed by atoms with E-state index in [1.54, 1.807) is 25.3 Å². The molecule has 3 amide bonds. The van der Waals surface area contributed by atoms with Crippen molar-refractivity contribution in [2.45, 2.75) is 6.54 Å². The molecule has 30 heavy (non-hydrogen) atoms. The van der Waals surface area contributed by atoms with Crippen molar-refractivity contribution in [3.63, 3.8) is 0 Å². The Bertz CT molecular complexity index is 984. The summed E-state index contributed by atoms with van der Waals surface area (Å²) >= 11 is 0. The van der Waals surface area contributed by atoms with Crippen molar-refractivity contribution >= 4 is 23.7 Å². The molecule has 0 aromatic heterocycles. The Morgan fingerprint density at radius 1 is 1.13 bits per heavy atom. The topological polar surface area (TPSA) is 71.1 Å². The van der Waals surface area contributed by atoms with Gasteiger partial charge in [0.25, 0.3) is 5.91 Å².